The lowest BCUT2D eigenvalue weighted by molar-refractivity contribution is 0.340. The van der Waals surface area contributed by atoms with Crippen molar-refractivity contribution < 1.29 is 4.74 Å². The van der Waals surface area contributed by atoms with Gasteiger partial charge in [0, 0.05) is 0 Å². The van der Waals surface area contributed by atoms with Crippen LogP contribution in [-0.2, 0) is 12.8 Å². The monoisotopic (exact) mass is 300 g/mol. The van der Waals surface area contributed by atoms with E-state index in [2.05, 4.69) is 30.3 Å². The molecule has 1 unspecified atom stereocenters. The van der Waals surface area contributed by atoms with Gasteiger partial charge in [-0.1, -0.05) is 30.3 Å². The molecule has 0 saturated carbocycles. The van der Waals surface area contributed by atoms with E-state index in [1.807, 2.05) is 19.1 Å². The van der Waals surface area contributed by atoms with Gasteiger partial charge in [-0.25, -0.2) is 0 Å². The van der Waals surface area contributed by atoms with E-state index in [1.54, 1.807) is 0 Å². The summed E-state index contributed by atoms with van der Waals surface area (Å²) in [7, 11) is 0. The molecule has 1 aliphatic carbocycles. The molecule has 0 heterocycles. The van der Waals surface area contributed by atoms with Gasteiger partial charge < -0.3 is 4.74 Å². The maximum atomic E-state index is 6.66. The molecule has 0 saturated heterocycles. The molecule has 2 aromatic carbocycles. The largest absolute Gasteiger partial charge is 0.494 e. The average molecular weight is 301 g/mol. The summed E-state index contributed by atoms with van der Waals surface area (Å²) in [4.78, 5) is 0. The summed E-state index contributed by atoms with van der Waals surface area (Å²) in [6.45, 7) is 2.68. The third kappa shape index (κ3) is 3.24. The lowest BCUT2D eigenvalue weighted by Crippen LogP contribution is -2.04. The third-order valence-corrected chi connectivity index (χ3v) is 4.65. The van der Waals surface area contributed by atoms with Crippen molar-refractivity contribution in [3.05, 3.63) is 64.7 Å². The number of ether oxygens (including phenoxy) is 1. The normalized spacial score (nSPS) is 15.3. The van der Waals surface area contributed by atoms with Gasteiger partial charge in [0.05, 0.1) is 12.0 Å². The van der Waals surface area contributed by atoms with Crippen molar-refractivity contribution in [2.24, 2.45) is 0 Å². The lowest BCUT2D eigenvalue weighted by atomic mass is 9.89. The highest BCUT2D eigenvalue weighted by molar-refractivity contribution is 6.22. The fourth-order valence-corrected chi connectivity index (χ4v) is 3.28. The summed E-state index contributed by atoms with van der Waals surface area (Å²) in [5, 5.41) is -0.0899. The Bertz CT molecular complexity index is 603. The summed E-state index contributed by atoms with van der Waals surface area (Å²) in [6, 6.07) is 14.8. The van der Waals surface area contributed by atoms with Gasteiger partial charge in [0.15, 0.2) is 0 Å². The SMILES string of the molecule is CCOc1ccc(C(Cl)c2ccc3c(c2)CCCC3)cc1. The molecule has 0 spiro atoms. The van der Waals surface area contributed by atoms with Gasteiger partial charge in [-0.05, 0) is 67.0 Å². The molecule has 0 amide bonds. The summed E-state index contributed by atoms with van der Waals surface area (Å²) in [5.41, 5.74) is 5.30. The van der Waals surface area contributed by atoms with Gasteiger partial charge in [-0.15, -0.1) is 11.6 Å². The molecule has 0 aromatic heterocycles. The number of benzene rings is 2. The Hall–Kier alpha value is -1.47. The minimum absolute atomic E-state index is 0.0899. The Kier molecular flexibility index (Phi) is 4.50. The molecule has 2 aromatic rings. The third-order valence-electron chi connectivity index (χ3n) is 4.15. The number of hydrogen-bond acceptors (Lipinski definition) is 1. The summed E-state index contributed by atoms with van der Waals surface area (Å²) in [5.74, 6) is 0.899. The van der Waals surface area contributed by atoms with Crippen LogP contribution in [0.2, 0.25) is 0 Å². The van der Waals surface area contributed by atoms with E-state index in [0.717, 1.165) is 11.3 Å². The van der Waals surface area contributed by atoms with Crippen LogP contribution in [-0.4, -0.2) is 6.61 Å². The standard InChI is InChI=1S/C19H21ClO/c1-2-21-18-11-9-15(10-12-18)19(20)17-8-7-14-5-3-4-6-16(14)13-17/h7-13,19H,2-6H2,1H3. The molecular formula is C19H21ClO. The van der Waals surface area contributed by atoms with E-state index in [9.17, 15) is 0 Å². The first-order chi connectivity index (χ1) is 10.3. The van der Waals surface area contributed by atoms with Crippen LogP contribution in [0.3, 0.4) is 0 Å². The predicted octanol–water partition coefficient (Wildman–Crippen LogP) is 5.29. The van der Waals surface area contributed by atoms with Gasteiger partial charge in [-0.2, -0.15) is 0 Å². The Morgan fingerprint density at radius 3 is 2.33 bits per heavy atom. The Labute approximate surface area is 131 Å². The molecule has 0 fully saturated rings. The van der Waals surface area contributed by atoms with Crippen LogP contribution in [0.5, 0.6) is 5.75 Å². The Morgan fingerprint density at radius 1 is 0.952 bits per heavy atom. The molecule has 1 atom stereocenters. The fraction of sp³-hybridized carbons (Fsp3) is 0.368. The van der Waals surface area contributed by atoms with Crippen LogP contribution in [0, 0.1) is 0 Å². The summed E-state index contributed by atoms with van der Waals surface area (Å²) >= 11 is 6.66. The number of rotatable bonds is 4. The fourth-order valence-electron chi connectivity index (χ4n) is 3.00. The van der Waals surface area contributed by atoms with E-state index < -0.39 is 0 Å². The Morgan fingerprint density at radius 2 is 1.62 bits per heavy atom. The topological polar surface area (TPSA) is 9.23 Å². The number of alkyl halides is 1. The zero-order valence-electron chi connectivity index (χ0n) is 12.4. The second kappa shape index (κ2) is 6.53. The average Bonchev–Trinajstić information content (AvgIpc) is 2.55. The zero-order chi connectivity index (χ0) is 14.7. The molecule has 21 heavy (non-hydrogen) atoms. The highest BCUT2D eigenvalue weighted by Crippen LogP contribution is 2.32. The molecular weight excluding hydrogens is 280 g/mol. The quantitative estimate of drug-likeness (QED) is 0.697. The summed E-state index contributed by atoms with van der Waals surface area (Å²) < 4.78 is 5.48. The van der Waals surface area contributed by atoms with Crippen molar-refractivity contribution in [1.29, 1.82) is 0 Å². The second-order valence-electron chi connectivity index (χ2n) is 5.60. The van der Waals surface area contributed by atoms with Crippen molar-refractivity contribution in [3.63, 3.8) is 0 Å². The Balaban J connectivity index is 1.82. The van der Waals surface area contributed by atoms with Crippen molar-refractivity contribution in [2.75, 3.05) is 6.61 Å². The highest BCUT2D eigenvalue weighted by atomic mass is 35.5. The van der Waals surface area contributed by atoms with Gasteiger partial charge in [-0.3, -0.25) is 0 Å². The lowest BCUT2D eigenvalue weighted by Gasteiger charge is -2.18. The molecule has 110 valence electrons. The first kappa shape index (κ1) is 14.5. The van der Waals surface area contributed by atoms with Crippen LogP contribution in [0.4, 0.5) is 0 Å². The highest BCUT2D eigenvalue weighted by Gasteiger charge is 2.15. The second-order valence-corrected chi connectivity index (χ2v) is 6.04. The van der Waals surface area contributed by atoms with Crippen molar-refractivity contribution in [3.8, 4) is 5.75 Å². The van der Waals surface area contributed by atoms with E-state index in [4.69, 9.17) is 16.3 Å². The molecule has 0 aliphatic heterocycles. The molecule has 1 nitrogen and oxygen atoms in total. The van der Waals surface area contributed by atoms with E-state index in [-0.39, 0.29) is 5.38 Å². The van der Waals surface area contributed by atoms with Gasteiger partial charge in [0.1, 0.15) is 5.75 Å². The minimum atomic E-state index is -0.0899. The van der Waals surface area contributed by atoms with Crippen molar-refractivity contribution in [2.45, 2.75) is 38.0 Å². The van der Waals surface area contributed by atoms with E-state index in [1.165, 1.54) is 42.4 Å². The minimum Gasteiger partial charge on any atom is -0.494 e. The molecule has 0 N–H and O–H groups in total. The van der Waals surface area contributed by atoms with E-state index in [0.29, 0.717) is 6.61 Å². The van der Waals surface area contributed by atoms with Crippen LogP contribution < -0.4 is 4.74 Å². The van der Waals surface area contributed by atoms with Gasteiger partial charge in [0.2, 0.25) is 0 Å². The smallest absolute Gasteiger partial charge is 0.119 e. The predicted molar refractivity (Wildman–Crippen MR) is 88.4 cm³/mol. The van der Waals surface area contributed by atoms with Crippen LogP contribution in [0.1, 0.15) is 47.4 Å². The van der Waals surface area contributed by atoms with Gasteiger partial charge in [0.25, 0.3) is 0 Å². The first-order valence-corrected chi connectivity index (χ1v) is 8.20. The van der Waals surface area contributed by atoms with Crippen LogP contribution in [0.25, 0.3) is 0 Å². The molecule has 2 heteroatoms. The maximum Gasteiger partial charge on any atom is 0.119 e. The van der Waals surface area contributed by atoms with Crippen LogP contribution in [0.15, 0.2) is 42.5 Å². The number of aryl methyl sites for hydroxylation is 2. The van der Waals surface area contributed by atoms with Gasteiger partial charge >= 0.3 is 0 Å². The van der Waals surface area contributed by atoms with Crippen molar-refractivity contribution >= 4 is 11.6 Å². The molecule has 3 rings (SSSR count). The zero-order valence-corrected chi connectivity index (χ0v) is 13.2. The first-order valence-electron chi connectivity index (χ1n) is 7.76. The van der Waals surface area contributed by atoms with Crippen LogP contribution >= 0.6 is 11.6 Å². The number of halogens is 1. The van der Waals surface area contributed by atoms with Crippen molar-refractivity contribution in [1.82, 2.24) is 0 Å². The van der Waals surface area contributed by atoms with E-state index >= 15 is 0 Å². The molecule has 1 aliphatic rings. The maximum absolute atomic E-state index is 6.66. The molecule has 0 radical (unpaired) electrons. The number of hydrogen-bond donors (Lipinski definition) is 0. The molecule has 0 bridgehead atoms. The summed E-state index contributed by atoms with van der Waals surface area (Å²) in [6.07, 6.45) is 5.02. The number of fused-ring (bicyclic) bond motifs is 1.